The quantitative estimate of drug-likeness (QED) is 0.748. The van der Waals surface area contributed by atoms with Crippen LogP contribution in [0, 0.1) is 5.92 Å². The molecule has 0 aliphatic carbocycles. The second kappa shape index (κ2) is 4.55. The van der Waals surface area contributed by atoms with Gasteiger partial charge in [-0.05, 0) is 5.92 Å². The Morgan fingerprint density at radius 2 is 2.07 bits per heavy atom. The van der Waals surface area contributed by atoms with Crippen LogP contribution in [0.5, 0.6) is 5.88 Å². The fourth-order valence-electron chi connectivity index (χ4n) is 1.38. The molecule has 1 atom stereocenters. The van der Waals surface area contributed by atoms with Gasteiger partial charge in [-0.3, -0.25) is 4.98 Å². The number of hydrogen-bond acceptors (Lipinski definition) is 5. The molecule has 3 N–H and O–H groups in total. The lowest BCUT2D eigenvalue weighted by Crippen LogP contribution is -2.41. The Morgan fingerprint density at radius 3 is 2.53 bits per heavy atom. The first-order valence-electron chi connectivity index (χ1n) is 4.84. The molecule has 1 aromatic rings. The van der Waals surface area contributed by atoms with Crippen molar-refractivity contribution in [2.45, 2.75) is 19.4 Å². The summed E-state index contributed by atoms with van der Waals surface area (Å²) in [6, 6.07) is 0. The fourth-order valence-corrected chi connectivity index (χ4v) is 1.38. The van der Waals surface area contributed by atoms with Crippen LogP contribution in [0.2, 0.25) is 0 Å². The van der Waals surface area contributed by atoms with Crippen LogP contribution >= 0.6 is 0 Å². The topological polar surface area (TPSA) is 81.3 Å². The van der Waals surface area contributed by atoms with Gasteiger partial charge in [0.15, 0.2) is 0 Å². The molecule has 0 amide bonds. The fraction of sp³-hybridized carbons (Fsp3) is 0.600. The van der Waals surface area contributed by atoms with Crippen LogP contribution in [0.3, 0.4) is 0 Å². The lowest BCUT2D eigenvalue weighted by molar-refractivity contribution is -0.00793. The van der Waals surface area contributed by atoms with E-state index in [1.807, 2.05) is 13.8 Å². The molecule has 0 bridgehead atoms. The molecule has 15 heavy (non-hydrogen) atoms. The van der Waals surface area contributed by atoms with Crippen molar-refractivity contribution in [1.82, 2.24) is 9.97 Å². The van der Waals surface area contributed by atoms with Crippen LogP contribution in [0.15, 0.2) is 12.4 Å². The van der Waals surface area contributed by atoms with Crippen molar-refractivity contribution >= 4 is 0 Å². The molecule has 0 radical (unpaired) electrons. The van der Waals surface area contributed by atoms with Gasteiger partial charge in [-0.2, -0.15) is 0 Å². The number of nitrogens with zero attached hydrogens (tertiary/aromatic N) is 2. The van der Waals surface area contributed by atoms with Gasteiger partial charge >= 0.3 is 0 Å². The van der Waals surface area contributed by atoms with Gasteiger partial charge < -0.3 is 15.6 Å². The third kappa shape index (κ3) is 2.08. The normalized spacial score (nSPS) is 15.1. The zero-order valence-electron chi connectivity index (χ0n) is 9.27. The molecular weight excluding hydrogens is 194 g/mol. The standard InChI is InChI=1S/C10H17N3O2/c1-7(2)10(14,6-11)8-9(15-3)13-5-4-12-8/h4-5,7,14H,6,11H2,1-3H3. The maximum Gasteiger partial charge on any atom is 0.238 e. The van der Waals surface area contributed by atoms with E-state index in [4.69, 9.17) is 10.5 Å². The lowest BCUT2D eigenvalue weighted by Gasteiger charge is -2.30. The first-order valence-corrected chi connectivity index (χ1v) is 4.84. The van der Waals surface area contributed by atoms with Crippen molar-refractivity contribution in [2.75, 3.05) is 13.7 Å². The highest BCUT2D eigenvalue weighted by Crippen LogP contribution is 2.31. The lowest BCUT2D eigenvalue weighted by atomic mass is 9.87. The van der Waals surface area contributed by atoms with Crippen LogP contribution in [0.4, 0.5) is 0 Å². The van der Waals surface area contributed by atoms with E-state index >= 15 is 0 Å². The summed E-state index contributed by atoms with van der Waals surface area (Å²) >= 11 is 0. The predicted molar refractivity (Wildman–Crippen MR) is 56.4 cm³/mol. The molecule has 0 aromatic carbocycles. The van der Waals surface area contributed by atoms with Crippen molar-refractivity contribution in [3.63, 3.8) is 0 Å². The zero-order chi connectivity index (χ0) is 11.5. The van der Waals surface area contributed by atoms with Crippen molar-refractivity contribution in [3.05, 3.63) is 18.1 Å². The number of methoxy groups -OCH3 is 1. The van der Waals surface area contributed by atoms with Gasteiger partial charge in [0.2, 0.25) is 5.88 Å². The number of ether oxygens (including phenoxy) is 1. The highest BCUT2D eigenvalue weighted by atomic mass is 16.5. The molecule has 0 spiro atoms. The number of aliphatic hydroxyl groups is 1. The molecule has 1 rings (SSSR count). The van der Waals surface area contributed by atoms with Crippen LogP contribution < -0.4 is 10.5 Å². The minimum absolute atomic E-state index is 0.0619. The second-order valence-corrected chi connectivity index (χ2v) is 3.70. The molecule has 5 nitrogen and oxygen atoms in total. The van der Waals surface area contributed by atoms with Gasteiger partial charge in [-0.25, -0.2) is 4.98 Å². The summed E-state index contributed by atoms with van der Waals surface area (Å²) in [6.07, 6.45) is 3.03. The molecule has 0 saturated heterocycles. The van der Waals surface area contributed by atoms with Gasteiger partial charge in [-0.15, -0.1) is 0 Å². The van der Waals surface area contributed by atoms with E-state index in [0.717, 1.165) is 0 Å². The monoisotopic (exact) mass is 211 g/mol. The third-order valence-corrected chi connectivity index (χ3v) is 2.53. The summed E-state index contributed by atoms with van der Waals surface area (Å²) < 4.78 is 5.05. The van der Waals surface area contributed by atoms with E-state index in [0.29, 0.717) is 11.6 Å². The first-order chi connectivity index (χ1) is 7.06. The third-order valence-electron chi connectivity index (χ3n) is 2.53. The molecule has 1 aromatic heterocycles. The van der Waals surface area contributed by atoms with Gasteiger partial charge in [0, 0.05) is 18.9 Å². The Balaban J connectivity index is 3.23. The number of nitrogens with two attached hydrogens (primary N) is 1. The molecule has 1 unspecified atom stereocenters. The van der Waals surface area contributed by atoms with Gasteiger partial charge in [0.05, 0.1) is 7.11 Å². The van der Waals surface area contributed by atoms with Gasteiger partial charge in [0.25, 0.3) is 0 Å². The van der Waals surface area contributed by atoms with Crippen molar-refractivity contribution in [3.8, 4) is 5.88 Å². The summed E-state index contributed by atoms with van der Waals surface area (Å²) in [4.78, 5) is 8.09. The summed E-state index contributed by atoms with van der Waals surface area (Å²) in [6.45, 7) is 3.84. The average Bonchev–Trinajstić information content (AvgIpc) is 2.27. The van der Waals surface area contributed by atoms with Gasteiger partial charge in [-0.1, -0.05) is 13.8 Å². The second-order valence-electron chi connectivity index (χ2n) is 3.70. The zero-order valence-corrected chi connectivity index (χ0v) is 9.27. The van der Waals surface area contributed by atoms with Crippen LogP contribution in [-0.4, -0.2) is 28.7 Å². The maximum atomic E-state index is 10.4. The SMILES string of the molecule is COc1nccnc1C(O)(CN)C(C)C. The summed E-state index contributed by atoms with van der Waals surface area (Å²) in [5, 5.41) is 10.4. The number of aromatic nitrogens is 2. The largest absolute Gasteiger partial charge is 0.480 e. The minimum Gasteiger partial charge on any atom is -0.480 e. The highest BCUT2D eigenvalue weighted by molar-refractivity contribution is 5.25. The minimum atomic E-state index is -1.19. The van der Waals surface area contributed by atoms with E-state index in [9.17, 15) is 5.11 Å². The molecule has 0 fully saturated rings. The first kappa shape index (κ1) is 11.9. The Bertz CT molecular complexity index is 330. The molecule has 84 valence electrons. The average molecular weight is 211 g/mol. The summed E-state index contributed by atoms with van der Waals surface area (Å²) in [5.41, 5.74) is 4.79. The predicted octanol–water partition coefficient (Wildman–Crippen LogP) is 0.287. The van der Waals surface area contributed by atoms with Crippen molar-refractivity contribution in [1.29, 1.82) is 0 Å². The molecule has 0 saturated carbocycles. The Labute approximate surface area is 89.3 Å². The van der Waals surface area contributed by atoms with Gasteiger partial charge in [0.1, 0.15) is 11.3 Å². The van der Waals surface area contributed by atoms with Crippen molar-refractivity contribution in [2.24, 2.45) is 11.7 Å². The van der Waals surface area contributed by atoms with E-state index in [1.165, 1.54) is 19.5 Å². The highest BCUT2D eigenvalue weighted by Gasteiger charge is 2.36. The smallest absolute Gasteiger partial charge is 0.238 e. The molecular formula is C10H17N3O2. The summed E-state index contributed by atoms with van der Waals surface area (Å²) in [7, 11) is 1.49. The molecule has 0 aliphatic heterocycles. The number of rotatable bonds is 4. The van der Waals surface area contributed by atoms with E-state index in [-0.39, 0.29) is 12.5 Å². The van der Waals surface area contributed by atoms with Crippen LogP contribution in [-0.2, 0) is 5.60 Å². The summed E-state index contributed by atoms with van der Waals surface area (Å²) in [5.74, 6) is 0.257. The van der Waals surface area contributed by atoms with E-state index in [1.54, 1.807) is 0 Å². The molecule has 5 heteroatoms. The Morgan fingerprint density at radius 1 is 1.47 bits per heavy atom. The van der Waals surface area contributed by atoms with Crippen molar-refractivity contribution < 1.29 is 9.84 Å². The van der Waals surface area contributed by atoms with Crippen LogP contribution in [0.1, 0.15) is 19.5 Å². The number of hydrogen-bond donors (Lipinski definition) is 2. The Kier molecular flexibility index (Phi) is 3.60. The molecule has 1 heterocycles. The Hall–Kier alpha value is -1.20. The van der Waals surface area contributed by atoms with Crippen LogP contribution in [0.25, 0.3) is 0 Å². The van der Waals surface area contributed by atoms with E-state index < -0.39 is 5.60 Å². The van der Waals surface area contributed by atoms with E-state index in [2.05, 4.69) is 9.97 Å². The molecule has 0 aliphatic rings. The maximum absolute atomic E-state index is 10.4.